The summed E-state index contributed by atoms with van der Waals surface area (Å²) in [6.07, 6.45) is 0. The van der Waals surface area contributed by atoms with E-state index in [-0.39, 0.29) is 0 Å². The lowest BCUT2D eigenvalue weighted by Gasteiger charge is -2.06. The van der Waals surface area contributed by atoms with Crippen LogP contribution in [-0.4, -0.2) is 0 Å². The average molecular weight is 268 g/mol. The van der Waals surface area contributed by atoms with Crippen LogP contribution in [0.25, 0.3) is 43.8 Å². The molecule has 3 aromatic rings. The zero-order valence-electron chi connectivity index (χ0n) is 11.3. The number of hydrogen-bond acceptors (Lipinski definition) is 1. The maximum Gasteiger partial charge on any atom is 0.142 e. The highest BCUT2D eigenvalue weighted by molar-refractivity contribution is 6.08. The predicted octanol–water partition coefficient (Wildman–Crippen LogP) is 5.84. The minimum atomic E-state index is 0.969. The van der Waals surface area contributed by atoms with E-state index in [0.717, 1.165) is 16.7 Å². The minimum Gasteiger partial charge on any atom is -0.455 e. The highest BCUT2D eigenvalue weighted by Gasteiger charge is 2.14. The normalized spacial score (nSPS) is 11.8. The Hall–Kier alpha value is -2.80. The molecule has 0 saturated heterocycles. The summed E-state index contributed by atoms with van der Waals surface area (Å²) in [6, 6.07) is 25.5. The van der Waals surface area contributed by atoms with Gasteiger partial charge >= 0.3 is 0 Å². The third-order valence-corrected chi connectivity index (χ3v) is 4.20. The second-order valence-corrected chi connectivity index (χ2v) is 5.47. The SMILES string of the molecule is c1ccc2c3oc4c(ccc5ccccc54)cc-3cc2c1. The second-order valence-electron chi connectivity index (χ2n) is 5.47. The molecule has 98 valence electrons. The Morgan fingerprint density at radius 1 is 0.571 bits per heavy atom. The molecular weight excluding hydrogens is 256 g/mol. The smallest absolute Gasteiger partial charge is 0.142 e. The van der Waals surface area contributed by atoms with Crippen LogP contribution in [-0.2, 0) is 0 Å². The molecule has 5 rings (SSSR count). The monoisotopic (exact) mass is 268 g/mol. The minimum absolute atomic E-state index is 0.969. The first-order chi connectivity index (χ1) is 10.4. The topological polar surface area (TPSA) is 13.1 Å². The Morgan fingerprint density at radius 2 is 1.24 bits per heavy atom. The summed E-state index contributed by atoms with van der Waals surface area (Å²) in [5.74, 6) is 0.981. The third-order valence-electron chi connectivity index (χ3n) is 4.20. The number of fused-ring (bicyclic) bond motifs is 6. The van der Waals surface area contributed by atoms with Gasteiger partial charge in [-0.3, -0.25) is 0 Å². The van der Waals surface area contributed by atoms with E-state index >= 15 is 0 Å². The fraction of sp³-hybridized carbons (Fsp3) is 0. The van der Waals surface area contributed by atoms with Crippen molar-refractivity contribution in [1.29, 1.82) is 0 Å². The van der Waals surface area contributed by atoms with Gasteiger partial charge in [0.25, 0.3) is 0 Å². The van der Waals surface area contributed by atoms with Crippen LogP contribution in [0.4, 0.5) is 0 Å². The third kappa shape index (κ3) is 1.46. The Kier molecular flexibility index (Phi) is 2.01. The van der Waals surface area contributed by atoms with Crippen molar-refractivity contribution in [2.75, 3.05) is 0 Å². The average Bonchev–Trinajstić information content (AvgIpc) is 2.90. The predicted molar refractivity (Wildman–Crippen MR) is 87.8 cm³/mol. The van der Waals surface area contributed by atoms with Gasteiger partial charge in [-0.2, -0.15) is 0 Å². The van der Waals surface area contributed by atoms with Gasteiger partial charge in [0.15, 0.2) is 0 Å². The maximum absolute atomic E-state index is 6.31. The van der Waals surface area contributed by atoms with Gasteiger partial charge in [0.2, 0.25) is 0 Å². The van der Waals surface area contributed by atoms with Crippen LogP contribution in [0.1, 0.15) is 0 Å². The van der Waals surface area contributed by atoms with Gasteiger partial charge in [0.05, 0.1) is 0 Å². The van der Waals surface area contributed by atoms with Crippen LogP contribution in [0.3, 0.4) is 0 Å². The van der Waals surface area contributed by atoms with Gasteiger partial charge < -0.3 is 4.42 Å². The van der Waals surface area contributed by atoms with E-state index in [1.807, 2.05) is 0 Å². The first-order valence-electron chi connectivity index (χ1n) is 7.13. The van der Waals surface area contributed by atoms with Crippen LogP contribution in [0.5, 0.6) is 0 Å². The van der Waals surface area contributed by atoms with Crippen LogP contribution >= 0.6 is 0 Å². The molecule has 1 aliphatic heterocycles. The number of benzene rings is 3. The van der Waals surface area contributed by atoms with Crippen LogP contribution < -0.4 is 0 Å². The molecule has 1 aliphatic carbocycles. The van der Waals surface area contributed by atoms with E-state index in [4.69, 9.17) is 4.42 Å². The summed E-state index contributed by atoms with van der Waals surface area (Å²) in [5, 5.41) is 5.95. The van der Waals surface area contributed by atoms with Crippen molar-refractivity contribution >= 4 is 32.5 Å². The quantitative estimate of drug-likeness (QED) is 0.321. The molecule has 2 aliphatic rings. The zero-order chi connectivity index (χ0) is 13.8. The Balaban J connectivity index is 2.04. The molecule has 0 fully saturated rings. The number of rotatable bonds is 0. The van der Waals surface area contributed by atoms with Gasteiger partial charge in [0, 0.05) is 21.7 Å². The first kappa shape index (κ1) is 10.9. The van der Waals surface area contributed by atoms with Gasteiger partial charge in [-0.15, -0.1) is 0 Å². The standard InChI is InChI=1S/C20H12O/c1-3-7-17-13(5-1)9-10-15-12-16-11-14-6-2-4-8-18(14)20(16)21-19(15)17/h1-12H. The summed E-state index contributed by atoms with van der Waals surface area (Å²) in [6.45, 7) is 0. The molecule has 0 radical (unpaired) electrons. The Morgan fingerprint density at radius 3 is 2.14 bits per heavy atom. The van der Waals surface area contributed by atoms with Gasteiger partial charge in [-0.25, -0.2) is 0 Å². The molecule has 0 spiro atoms. The fourth-order valence-corrected chi connectivity index (χ4v) is 3.20. The van der Waals surface area contributed by atoms with Crippen molar-refractivity contribution < 1.29 is 4.42 Å². The van der Waals surface area contributed by atoms with Crippen molar-refractivity contribution in [2.45, 2.75) is 0 Å². The Labute approximate surface area is 121 Å². The lowest BCUT2D eigenvalue weighted by atomic mass is 10.1. The molecular formula is C20H12O. The highest BCUT2D eigenvalue weighted by atomic mass is 16.3. The van der Waals surface area contributed by atoms with Crippen molar-refractivity contribution in [2.24, 2.45) is 0 Å². The van der Waals surface area contributed by atoms with Gasteiger partial charge in [0.1, 0.15) is 11.3 Å². The largest absolute Gasteiger partial charge is 0.455 e. The molecule has 0 saturated carbocycles. The van der Waals surface area contributed by atoms with Crippen molar-refractivity contribution in [3.63, 3.8) is 0 Å². The summed E-state index contributed by atoms with van der Waals surface area (Å²) in [4.78, 5) is 0. The second kappa shape index (κ2) is 3.86. The van der Waals surface area contributed by atoms with Crippen molar-refractivity contribution in [3.05, 3.63) is 72.8 Å². The molecule has 0 aromatic heterocycles. The highest BCUT2D eigenvalue weighted by Crippen LogP contribution is 2.38. The number of hydrogen-bond donors (Lipinski definition) is 0. The lowest BCUT2D eigenvalue weighted by Crippen LogP contribution is -1.80. The molecule has 0 N–H and O–H groups in total. The van der Waals surface area contributed by atoms with E-state index in [0.29, 0.717) is 0 Å². The van der Waals surface area contributed by atoms with Crippen LogP contribution in [0, 0.1) is 0 Å². The molecule has 0 amide bonds. The van der Waals surface area contributed by atoms with E-state index in [9.17, 15) is 0 Å². The van der Waals surface area contributed by atoms with Gasteiger partial charge in [-0.1, -0.05) is 60.7 Å². The molecule has 1 heteroatoms. The molecule has 1 nitrogen and oxygen atoms in total. The molecule has 0 atom stereocenters. The zero-order valence-corrected chi connectivity index (χ0v) is 11.3. The van der Waals surface area contributed by atoms with Crippen molar-refractivity contribution in [3.8, 4) is 11.3 Å². The van der Waals surface area contributed by atoms with E-state index < -0.39 is 0 Å². The van der Waals surface area contributed by atoms with Crippen LogP contribution in [0.15, 0.2) is 77.2 Å². The lowest BCUT2D eigenvalue weighted by molar-refractivity contribution is 0.629. The summed E-state index contributed by atoms with van der Waals surface area (Å²) in [7, 11) is 0. The molecule has 0 bridgehead atoms. The van der Waals surface area contributed by atoms with E-state index in [1.165, 1.54) is 27.1 Å². The maximum atomic E-state index is 6.31. The molecule has 21 heavy (non-hydrogen) atoms. The molecule has 0 unspecified atom stereocenters. The molecule has 3 aromatic carbocycles. The van der Waals surface area contributed by atoms with Crippen LogP contribution in [0.2, 0.25) is 0 Å². The summed E-state index contributed by atoms with van der Waals surface area (Å²) in [5.41, 5.74) is 2.14. The summed E-state index contributed by atoms with van der Waals surface area (Å²) < 4.78 is 6.31. The first-order valence-corrected chi connectivity index (χ1v) is 7.13. The van der Waals surface area contributed by atoms with E-state index in [1.54, 1.807) is 0 Å². The molecule has 1 heterocycles. The van der Waals surface area contributed by atoms with E-state index in [2.05, 4.69) is 72.8 Å². The van der Waals surface area contributed by atoms with Gasteiger partial charge in [-0.05, 0) is 22.9 Å². The fourth-order valence-electron chi connectivity index (χ4n) is 3.20. The Bertz CT molecular complexity index is 1080. The van der Waals surface area contributed by atoms with Crippen molar-refractivity contribution in [1.82, 2.24) is 0 Å². The summed E-state index contributed by atoms with van der Waals surface area (Å²) >= 11 is 0.